The molecule has 3 aromatic rings. The van der Waals surface area contributed by atoms with Crippen LogP contribution in [0.3, 0.4) is 0 Å². The Balaban J connectivity index is 0.000000415. The van der Waals surface area contributed by atoms with Crippen molar-refractivity contribution in [3.8, 4) is 11.5 Å². The zero-order valence-electron chi connectivity index (χ0n) is 13.1. The number of ether oxygens (including phenoxy) is 2. The summed E-state index contributed by atoms with van der Waals surface area (Å²) >= 11 is 0. The first-order chi connectivity index (χ1) is 12.1. The minimum atomic E-state index is -0.833. The van der Waals surface area contributed by atoms with E-state index in [4.69, 9.17) is 19.4 Å². The first kappa shape index (κ1) is 16.2. The molecule has 0 bridgehead atoms. The highest BCUT2D eigenvalue weighted by Crippen LogP contribution is 2.31. The van der Waals surface area contributed by atoms with Crippen molar-refractivity contribution in [2.75, 3.05) is 12.2 Å². The lowest BCUT2D eigenvalue weighted by Crippen LogP contribution is -1.95. The number of imidazole rings is 1. The fourth-order valence-electron chi connectivity index (χ4n) is 2.01. The highest BCUT2D eigenvalue weighted by molar-refractivity contribution is 5.84. The average molecular weight is 342 g/mol. The summed E-state index contributed by atoms with van der Waals surface area (Å²) < 4.78 is 10.6. The molecular formula is C15H14N6O4. The Hall–Kier alpha value is -3.69. The lowest BCUT2D eigenvalue weighted by molar-refractivity contribution is -0.134. The zero-order chi connectivity index (χ0) is 17.6. The van der Waals surface area contributed by atoms with Crippen LogP contribution >= 0.6 is 0 Å². The molecule has 25 heavy (non-hydrogen) atoms. The third-order valence-corrected chi connectivity index (χ3v) is 3.00. The van der Waals surface area contributed by atoms with Gasteiger partial charge in [-0.3, -0.25) is 10.2 Å². The van der Waals surface area contributed by atoms with Crippen molar-refractivity contribution < 1.29 is 19.4 Å². The summed E-state index contributed by atoms with van der Waals surface area (Å²) in [7, 11) is 0. The lowest BCUT2D eigenvalue weighted by atomic mass is 10.2. The Morgan fingerprint density at radius 3 is 2.96 bits per heavy atom. The second kappa shape index (κ2) is 7.25. The topological polar surface area (TPSA) is 135 Å². The standard InChI is InChI=1S/C13H10N6O2.C2H4O2/c1-2-9-10(21-7-20-9)3-8(1)4-18-19-13-11-12(15-5-14-11)16-6-17-13;1-2(3)4/h1-6H,7H2,(H2,14,15,16,17,19);1H3,(H,3,4)/b18-4+;. The molecule has 3 heterocycles. The van der Waals surface area contributed by atoms with E-state index >= 15 is 0 Å². The molecule has 1 aliphatic heterocycles. The summed E-state index contributed by atoms with van der Waals surface area (Å²) in [4.78, 5) is 24.2. The van der Waals surface area contributed by atoms with E-state index in [0.717, 1.165) is 24.0 Å². The molecule has 0 aliphatic carbocycles. The summed E-state index contributed by atoms with van der Waals surface area (Å²) in [5.41, 5.74) is 5.05. The molecule has 128 valence electrons. The molecule has 0 spiro atoms. The molecule has 0 amide bonds. The maximum absolute atomic E-state index is 9.00. The van der Waals surface area contributed by atoms with Crippen LogP contribution in [0, 0.1) is 0 Å². The zero-order valence-corrected chi connectivity index (χ0v) is 13.1. The quantitative estimate of drug-likeness (QED) is 0.483. The van der Waals surface area contributed by atoms with Gasteiger partial charge in [0.2, 0.25) is 6.79 Å². The summed E-state index contributed by atoms with van der Waals surface area (Å²) in [5, 5.41) is 11.6. The van der Waals surface area contributed by atoms with Gasteiger partial charge < -0.3 is 19.6 Å². The van der Waals surface area contributed by atoms with Gasteiger partial charge in [-0.05, 0) is 23.8 Å². The number of carbonyl (C=O) groups is 1. The van der Waals surface area contributed by atoms with Gasteiger partial charge in [0.25, 0.3) is 5.97 Å². The molecule has 1 aliphatic rings. The number of nitrogens with zero attached hydrogens (tertiary/aromatic N) is 4. The summed E-state index contributed by atoms with van der Waals surface area (Å²) in [5.74, 6) is 1.20. The van der Waals surface area contributed by atoms with Crippen LogP contribution in [0.5, 0.6) is 11.5 Å². The molecule has 1 aromatic carbocycles. The van der Waals surface area contributed by atoms with Crippen molar-refractivity contribution in [3.63, 3.8) is 0 Å². The molecule has 10 nitrogen and oxygen atoms in total. The number of hydrogen-bond acceptors (Lipinski definition) is 8. The predicted octanol–water partition coefficient (Wildman–Crippen LogP) is 1.62. The number of carboxylic acids is 1. The lowest BCUT2D eigenvalue weighted by Gasteiger charge is -2.00. The van der Waals surface area contributed by atoms with Crippen molar-refractivity contribution >= 4 is 29.2 Å². The number of nitrogens with one attached hydrogen (secondary N) is 2. The monoisotopic (exact) mass is 342 g/mol. The molecule has 0 atom stereocenters. The predicted molar refractivity (Wildman–Crippen MR) is 88.8 cm³/mol. The number of anilines is 1. The molecule has 0 unspecified atom stereocenters. The first-order valence-electron chi connectivity index (χ1n) is 7.16. The number of rotatable bonds is 3. The minimum Gasteiger partial charge on any atom is -0.481 e. The van der Waals surface area contributed by atoms with Crippen LogP contribution in [0.15, 0.2) is 36.0 Å². The summed E-state index contributed by atoms with van der Waals surface area (Å²) in [6.07, 6.45) is 4.67. The van der Waals surface area contributed by atoms with Crippen molar-refractivity contribution in [3.05, 3.63) is 36.4 Å². The maximum Gasteiger partial charge on any atom is 0.300 e. The van der Waals surface area contributed by atoms with E-state index in [1.165, 1.54) is 6.33 Å². The Morgan fingerprint density at radius 1 is 1.32 bits per heavy atom. The van der Waals surface area contributed by atoms with Gasteiger partial charge in [-0.1, -0.05) is 0 Å². The average Bonchev–Trinajstić information content (AvgIpc) is 3.23. The number of hydrazone groups is 1. The fourth-order valence-corrected chi connectivity index (χ4v) is 2.01. The van der Waals surface area contributed by atoms with Gasteiger partial charge in [-0.2, -0.15) is 5.10 Å². The SMILES string of the molecule is C(=N\Nc1ncnc2nc[nH]c12)/c1ccc2c(c1)OCO2.CC(=O)O. The number of carboxylic acid groups (broad SMARTS) is 1. The van der Waals surface area contributed by atoms with E-state index in [-0.39, 0.29) is 6.79 Å². The van der Waals surface area contributed by atoms with Gasteiger partial charge in [0.15, 0.2) is 23.0 Å². The van der Waals surface area contributed by atoms with E-state index in [1.807, 2.05) is 18.2 Å². The molecular weight excluding hydrogens is 328 g/mol. The molecule has 0 fully saturated rings. The third-order valence-electron chi connectivity index (χ3n) is 3.00. The van der Waals surface area contributed by atoms with Gasteiger partial charge in [-0.15, -0.1) is 0 Å². The number of aromatic nitrogens is 4. The van der Waals surface area contributed by atoms with Crippen molar-refractivity contribution in [2.45, 2.75) is 6.92 Å². The van der Waals surface area contributed by atoms with Crippen LogP contribution in [0.2, 0.25) is 0 Å². The number of hydrogen-bond donors (Lipinski definition) is 3. The Morgan fingerprint density at radius 2 is 2.12 bits per heavy atom. The normalized spacial score (nSPS) is 12.0. The molecule has 4 rings (SSSR count). The Kier molecular flexibility index (Phi) is 4.69. The third kappa shape index (κ3) is 3.99. The molecule has 10 heteroatoms. The Labute approximate surface area is 141 Å². The van der Waals surface area contributed by atoms with Crippen molar-refractivity contribution in [1.29, 1.82) is 0 Å². The van der Waals surface area contributed by atoms with E-state index in [0.29, 0.717) is 17.0 Å². The second-order valence-electron chi connectivity index (χ2n) is 4.83. The molecule has 0 radical (unpaired) electrons. The number of H-pyrrole nitrogens is 1. The van der Waals surface area contributed by atoms with Gasteiger partial charge >= 0.3 is 0 Å². The van der Waals surface area contributed by atoms with Crippen LogP contribution in [0.1, 0.15) is 12.5 Å². The van der Waals surface area contributed by atoms with E-state index in [2.05, 4.69) is 30.5 Å². The van der Waals surface area contributed by atoms with Crippen LogP contribution < -0.4 is 14.9 Å². The molecule has 3 N–H and O–H groups in total. The highest BCUT2D eigenvalue weighted by atomic mass is 16.7. The van der Waals surface area contributed by atoms with Gasteiger partial charge in [0, 0.05) is 6.92 Å². The van der Waals surface area contributed by atoms with Gasteiger partial charge in [0.05, 0.1) is 12.5 Å². The van der Waals surface area contributed by atoms with E-state index in [1.54, 1.807) is 12.5 Å². The van der Waals surface area contributed by atoms with Gasteiger partial charge in [0.1, 0.15) is 11.8 Å². The first-order valence-corrected chi connectivity index (χ1v) is 7.16. The van der Waals surface area contributed by atoms with Gasteiger partial charge in [-0.25, -0.2) is 15.0 Å². The van der Waals surface area contributed by atoms with Crippen LogP contribution in [0.25, 0.3) is 11.2 Å². The minimum absolute atomic E-state index is 0.257. The van der Waals surface area contributed by atoms with Crippen LogP contribution in [-0.4, -0.2) is 44.0 Å². The molecule has 0 saturated carbocycles. The fraction of sp³-hybridized carbons (Fsp3) is 0.133. The summed E-state index contributed by atoms with van der Waals surface area (Å²) in [6, 6.07) is 5.60. The van der Waals surface area contributed by atoms with Crippen molar-refractivity contribution in [1.82, 2.24) is 19.9 Å². The molecule has 0 saturated heterocycles. The largest absolute Gasteiger partial charge is 0.481 e. The van der Waals surface area contributed by atoms with E-state index in [9.17, 15) is 0 Å². The highest BCUT2D eigenvalue weighted by Gasteiger charge is 2.12. The smallest absolute Gasteiger partial charge is 0.300 e. The second-order valence-corrected chi connectivity index (χ2v) is 4.83. The number of fused-ring (bicyclic) bond motifs is 2. The number of aliphatic carboxylic acids is 1. The molecule has 2 aromatic heterocycles. The summed E-state index contributed by atoms with van der Waals surface area (Å²) in [6.45, 7) is 1.34. The van der Waals surface area contributed by atoms with Crippen LogP contribution in [-0.2, 0) is 4.79 Å². The number of aromatic amines is 1. The van der Waals surface area contributed by atoms with E-state index < -0.39 is 5.97 Å². The van der Waals surface area contributed by atoms with Crippen LogP contribution in [0.4, 0.5) is 5.82 Å². The van der Waals surface area contributed by atoms with Crippen molar-refractivity contribution in [2.24, 2.45) is 5.10 Å². The Bertz CT molecular complexity index is 919. The maximum atomic E-state index is 9.00. The number of benzene rings is 1.